The molecular weight excluding hydrogens is 400 g/mol. The molecule has 0 saturated carbocycles. The van der Waals surface area contributed by atoms with Crippen molar-refractivity contribution in [1.82, 2.24) is 4.98 Å². The van der Waals surface area contributed by atoms with Gasteiger partial charge in [-0.1, -0.05) is 23.7 Å². The molecular formula is C20H17ClN2O4S. The Labute approximate surface area is 170 Å². The van der Waals surface area contributed by atoms with Crippen LogP contribution < -0.4 is 10.1 Å². The van der Waals surface area contributed by atoms with Crippen LogP contribution in [0.3, 0.4) is 0 Å². The highest BCUT2D eigenvalue weighted by Gasteiger charge is 2.18. The van der Waals surface area contributed by atoms with Gasteiger partial charge in [0.05, 0.1) is 23.0 Å². The summed E-state index contributed by atoms with van der Waals surface area (Å²) in [5.74, 6) is -0.686. The van der Waals surface area contributed by atoms with E-state index in [1.54, 1.807) is 24.3 Å². The summed E-state index contributed by atoms with van der Waals surface area (Å²) in [6.07, 6.45) is 1.82. The SMILES string of the molecule is COc1ccc(Cl)cc1NC(=O)[C@@H](C)OC(=O)/C=C/c1nc2ccccc2s1. The van der Waals surface area contributed by atoms with Gasteiger partial charge < -0.3 is 14.8 Å². The first-order valence-electron chi connectivity index (χ1n) is 8.35. The molecule has 0 saturated heterocycles. The fourth-order valence-electron chi connectivity index (χ4n) is 2.38. The maximum atomic E-state index is 12.3. The van der Waals surface area contributed by atoms with Crippen molar-refractivity contribution in [1.29, 1.82) is 0 Å². The van der Waals surface area contributed by atoms with Crippen molar-refractivity contribution in [2.75, 3.05) is 12.4 Å². The van der Waals surface area contributed by atoms with Crippen molar-refractivity contribution < 1.29 is 19.1 Å². The van der Waals surface area contributed by atoms with Crippen LogP contribution in [0.25, 0.3) is 16.3 Å². The van der Waals surface area contributed by atoms with E-state index in [2.05, 4.69) is 10.3 Å². The zero-order chi connectivity index (χ0) is 20.1. The fourth-order valence-corrected chi connectivity index (χ4v) is 3.42. The van der Waals surface area contributed by atoms with E-state index in [1.807, 2.05) is 24.3 Å². The summed E-state index contributed by atoms with van der Waals surface area (Å²) in [6, 6.07) is 12.5. The molecule has 2 aromatic carbocycles. The Morgan fingerprint density at radius 1 is 1.25 bits per heavy atom. The Balaban J connectivity index is 1.60. The van der Waals surface area contributed by atoms with Gasteiger partial charge >= 0.3 is 5.97 Å². The van der Waals surface area contributed by atoms with Crippen molar-refractivity contribution in [3.05, 3.63) is 58.6 Å². The lowest BCUT2D eigenvalue weighted by molar-refractivity contribution is -0.148. The molecule has 1 aromatic heterocycles. The van der Waals surface area contributed by atoms with Gasteiger partial charge in [-0.05, 0) is 43.3 Å². The van der Waals surface area contributed by atoms with Gasteiger partial charge in [-0.15, -0.1) is 11.3 Å². The van der Waals surface area contributed by atoms with Crippen LogP contribution in [-0.2, 0) is 14.3 Å². The third kappa shape index (κ3) is 4.88. The summed E-state index contributed by atoms with van der Waals surface area (Å²) in [4.78, 5) is 28.7. The van der Waals surface area contributed by atoms with Gasteiger partial charge in [0.1, 0.15) is 10.8 Å². The fraction of sp³-hybridized carbons (Fsp3) is 0.150. The van der Waals surface area contributed by atoms with E-state index in [9.17, 15) is 9.59 Å². The number of hydrogen-bond acceptors (Lipinski definition) is 6. The highest BCUT2D eigenvalue weighted by atomic mass is 35.5. The Hall–Kier alpha value is -2.90. The molecule has 28 heavy (non-hydrogen) atoms. The molecule has 0 unspecified atom stereocenters. The molecule has 1 atom stereocenters. The van der Waals surface area contributed by atoms with Gasteiger partial charge in [0.25, 0.3) is 5.91 Å². The maximum absolute atomic E-state index is 12.3. The second-order valence-corrected chi connectivity index (χ2v) is 7.26. The average molecular weight is 417 g/mol. The number of aromatic nitrogens is 1. The van der Waals surface area contributed by atoms with E-state index in [4.69, 9.17) is 21.1 Å². The normalized spacial score (nSPS) is 12.1. The maximum Gasteiger partial charge on any atom is 0.331 e. The summed E-state index contributed by atoms with van der Waals surface area (Å²) >= 11 is 7.40. The lowest BCUT2D eigenvalue weighted by Crippen LogP contribution is -2.29. The number of ether oxygens (including phenoxy) is 2. The number of nitrogens with zero attached hydrogens (tertiary/aromatic N) is 1. The molecule has 8 heteroatoms. The molecule has 1 N–H and O–H groups in total. The molecule has 1 heterocycles. The molecule has 6 nitrogen and oxygen atoms in total. The molecule has 0 aliphatic heterocycles. The number of hydrogen-bond donors (Lipinski definition) is 1. The molecule has 0 aliphatic rings. The number of carbonyl (C=O) groups excluding carboxylic acids is 2. The van der Waals surface area contributed by atoms with Crippen LogP contribution in [0.2, 0.25) is 5.02 Å². The van der Waals surface area contributed by atoms with Crippen LogP contribution in [-0.4, -0.2) is 30.1 Å². The highest BCUT2D eigenvalue weighted by molar-refractivity contribution is 7.19. The van der Waals surface area contributed by atoms with E-state index >= 15 is 0 Å². The molecule has 0 bridgehead atoms. The van der Waals surface area contributed by atoms with Crippen LogP contribution in [0.4, 0.5) is 5.69 Å². The molecule has 1 amide bonds. The number of methoxy groups -OCH3 is 1. The number of carbonyl (C=O) groups is 2. The lowest BCUT2D eigenvalue weighted by atomic mass is 10.2. The lowest BCUT2D eigenvalue weighted by Gasteiger charge is -2.14. The first-order chi connectivity index (χ1) is 13.5. The number of para-hydroxylation sites is 1. The van der Waals surface area contributed by atoms with Gasteiger partial charge in [0, 0.05) is 11.1 Å². The summed E-state index contributed by atoms with van der Waals surface area (Å²) < 4.78 is 11.4. The number of benzene rings is 2. The van der Waals surface area contributed by atoms with Crippen molar-refractivity contribution in [2.45, 2.75) is 13.0 Å². The minimum Gasteiger partial charge on any atom is -0.495 e. The van der Waals surface area contributed by atoms with Crippen LogP contribution in [0.15, 0.2) is 48.5 Å². The van der Waals surface area contributed by atoms with E-state index in [0.29, 0.717) is 21.5 Å². The van der Waals surface area contributed by atoms with Crippen molar-refractivity contribution >= 4 is 56.8 Å². The number of thiazole rings is 1. The quantitative estimate of drug-likeness (QED) is 0.471. The van der Waals surface area contributed by atoms with E-state index < -0.39 is 18.0 Å². The molecule has 0 aliphatic carbocycles. The van der Waals surface area contributed by atoms with E-state index in [0.717, 1.165) is 10.2 Å². The van der Waals surface area contributed by atoms with Crippen LogP contribution in [0.1, 0.15) is 11.9 Å². The second-order valence-electron chi connectivity index (χ2n) is 5.77. The Bertz CT molecular complexity index is 1010. The Morgan fingerprint density at radius 2 is 2.04 bits per heavy atom. The number of amides is 1. The number of esters is 1. The first-order valence-corrected chi connectivity index (χ1v) is 9.54. The number of fused-ring (bicyclic) bond motifs is 1. The Morgan fingerprint density at radius 3 is 2.79 bits per heavy atom. The van der Waals surface area contributed by atoms with Crippen LogP contribution in [0.5, 0.6) is 5.75 Å². The third-order valence-electron chi connectivity index (χ3n) is 3.75. The van der Waals surface area contributed by atoms with Gasteiger partial charge in [-0.2, -0.15) is 0 Å². The summed E-state index contributed by atoms with van der Waals surface area (Å²) in [7, 11) is 1.48. The molecule has 0 radical (unpaired) electrons. The number of anilines is 1. The predicted octanol–water partition coefficient (Wildman–Crippen LogP) is 4.54. The minimum atomic E-state index is -1.00. The van der Waals surface area contributed by atoms with Gasteiger partial charge in [0.2, 0.25) is 0 Å². The van der Waals surface area contributed by atoms with Gasteiger partial charge in [-0.25, -0.2) is 9.78 Å². The summed E-state index contributed by atoms with van der Waals surface area (Å²) in [6.45, 7) is 1.48. The zero-order valence-electron chi connectivity index (χ0n) is 15.1. The number of halogens is 1. The summed E-state index contributed by atoms with van der Waals surface area (Å²) in [5.41, 5.74) is 1.26. The monoisotopic (exact) mass is 416 g/mol. The van der Waals surface area contributed by atoms with Gasteiger partial charge in [0.15, 0.2) is 6.10 Å². The Kier molecular flexibility index (Phi) is 6.28. The van der Waals surface area contributed by atoms with E-state index in [1.165, 1.54) is 31.4 Å². The van der Waals surface area contributed by atoms with Crippen LogP contribution in [0, 0.1) is 0 Å². The minimum absolute atomic E-state index is 0.396. The van der Waals surface area contributed by atoms with Gasteiger partial charge in [-0.3, -0.25) is 4.79 Å². The van der Waals surface area contributed by atoms with Crippen LogP contribution >= 0.6 is 22.9 Å². The molecule has 0 spiro atoms. The van der Waals surface area contributed by atoms with Crippen molar-refractivity contribution in [3.63, 3.8) is 0 Å². The predicted molar refractivity (Wildman–Crippen MR) is 111 cm³/mol. The molecule has 3 aromatic rings. The number of nitrogens with one attached hydrogen (secondary N) is 1. The van der Waals surface area contributed by atoms with Crippen molar-refractivity contribution in [3.8, 4) is 5.75 Å². The second kappa shape index (κ2) is 8.86. The smallest absolute Gasteiger partial charge is 0.331 e. The average Bonchev–Trinajstić information content (AvgIpc) is 3.09. The molecule has 0 fully saturated rings. The van der Waals surface area contributed by atoms with E-state index in [-0.39, 0.29) is 0 Å². The largest absolute Gasteiger partial charge is 0.495 e. The molecule has 3 rings (SSSR count). The standard InChI is InChI=1S/C20H17ClN2O4S/c1-12(20(25)23-15-11-13(21)7-8-16(15)26-2)27-19(24)10-9-18-22-14-5-3-4-6-17(14)28-18/h3-12H,1-2H3,(H,23,25)/b10-9+/t12-/m1/s1. The summed E-state index contributed by atoms with van der Waals surface area (Å²) in [5, 5.41) is 3.76. The topological polar surface area (TPSA) is 77.5 Å². The zero-order valence-corrected chi connectivity index (χ0v) is 16.7. The number of rotatable bonds is 6. The first kappa shape index (κ1) is 19.9. The molecule has 144 valence electrons. The van der Waals surface area contributed by atoms with Crippen molar-refractivity contribution in [2.24, 2.45) is 0 Å². The third-order valence-corrected chi connectivity index (χ3v) is 4.99. The highest BCUT2D eigenvalue weighted by Crippen LogP contribution is 2.28.